The molecule has 2 aliphatic rings. The molecule has 3 aromatic rings. The monoisotopic (exact) mass is 488 g/mol. The number of carboxylic acids is 1. The van der Waals surface area contributed by atoms with Gasteiger partial charge in [-0.1, -0.05) is 48.5 Å². The number of benzene rings is 2. The predicted molar refractivity (Wildman–Crippen MR) is 138 cm³/mol. The Hall–Kier alpha value is -3.33. The van der Waals surface area contributed by atoms with Crippen molar-refractivity contribution in [2.75, 3.05) is 59.0 Å². The zero-order chi connectivity index (χ0) is 24.9. The van der Waals surface area contributed by atoms with Crippen LogP contribution >= 0.6 is 0 Å². The number of hydrogen-bond donors (Lipinski definition) is 1. The van der Waals surface area contributed by atoms with E-state index >= 15 is 0 Å². The minimum atomic E-state index is -0.947. The van der Waals surface area contributed by atoms with E-state index < -0.39 is 5.97 Å². The second kappa shape index (κ2) is 11.2. The van der Waals surface area contributed by atoms with E-state index in [2.05, 4.69) is 9.80 Å². The molecule has 1 N–H and O–H groups in total. The highest BCUT2D eigenvalue weighted by molar-refractivity contribution is 6.05. The zero-order valence-electron chi connectivity index (χ0n) is 20.4. The summed E-state index contributed by atoms with van der Waals surface area (Å²) in [4.78, 5) is 36.6. The number of nitrogens with zero attached hydrogens (tertiary/aromatic N) is 4. The van der Waals surface area contributed by atoms with E-state index in [1.165, 1.54) is 0 Å². The second-order valence-corrected chi connectivity index (χ2v) is 9.36. The van der Waals surface area contributed by atoms with Crippen molar-refractivity contribution >= 4 is 22.8 Å². The zero-order valence-corrected chi connectivity index (χ0v) is 20.4. The number of pyridine rings is 1. The first kappa shape index (κ1) is 24.4. The Morgan fingerprint density at radius 3 is 2.28 bits per heavy atom. The summed E-state index contributed by atoms with van der Waals surface area (Å²) in [6.07, 6.45) is 0.524. The van der Waals surface area contributed by atoms with Crippen LogP contribution in [0.25, 0.3) is 22.2 Å². The number of para-hydroxylation sites is 1. The summed E-state index contributed by atoms with van der Waals surface area (Å²) in [5, 5.41) is 10.9. The lowest BCUT2D eigenvalue weighted by Gasteiger charge is -2.36. The van der Waals surface area contributed by atoms with Gasteiger partial charge in [-0.2, -0.15) is 0 Å². The van der Waals surface area contributed by atoms with E-state index in [9.17, 15) is 14.7 Å². The molecule has 188 valence electrons. The molecule has 1 amide bonds. The van der Waals surface area contributed by atoms with E-state index in [1.807, 2.05) is 59.5 Å². The molecular formula is C28H32N4O4. The molecular weight excluding hydrogens is 456 g/mol. The van der Waals surface area contributed by atoms with Crippen LogP contribution in [0.3, 0.4) is 0 Å². The van der Waals surface area contributed by atoms with Crippen LogP contribution in [0.15, 0.2) is 54.6 Å². The summed E-state index contributed by atoms with van der Waals surface area (Å²) in [7, 11) is 0. The van der Waals surface area contributed by atoms with E-state index in [-0.39, 0.29) is 5.91 Å². The van der Waals surface area contributed by atoms with E-state index in [1.54, 1.807) is 0 Å². The number of hydrogen-bond acceptors (Lipinski definition) is 6. The molecule has 8 nitrogen and oxygen atoms in total. The van der Waals surface area contributed by atoms with Crippen molar-refractivity contribution in [1.29, 1.82) is 0 Å². The Morgan fingerprint density at radius 1 is 0.861 bits per heavy atom. The van der Waals surface area contributed by atoms with Crippen molar-refractivity contribution in [2.24, 2.45) is 0 Å². The lowest BCUT2D eigenvalue weighted by atomic mass is 9.96. The number of carboxylic acid groups (broad SMARTS) is 1. The summed E-state index contributed by atoms with van der Waals surface area (Å²) in [6, 6.07) is 17.2. The van der Waals surface area contributed by atoms with Crippen LogP contribution in [0.5, 0.6) is 0 Å². The first-order valence-corrected chi connectivity index (χ1v) is 12.6. The maximum absolute atomic E-state index is 12.8. The van der Waals surface area contributed by atoms with Crippen LogP contribution < -0.4 is 0 Å². The molecule has 2 aliphatic heterocycles. The third kappa shape index (κ3) is 5.41. The van der Waals surface area contributed by atoms with Crippen molar-refractivity contribution in [1.82, 2.24) is 19.7 Å². The van der Waals surface area contributed by atoms with E-state index in [4.69, 9.17) is 9.72 Å². The highest BCUT2D eigenvalue weighted by Crippen LogP contribution is 2.31. The molecule has 0 spiro atoms. The molecule has 0 atom stereocenters. The molecule has 0 unspecified atom stereocenters. The van der Waals surface area contributed by atoms with Gasteiger partial charge in [0.1, 0.15) is 0 Å². The van der Waals surface area contributed by atoms with Crippen molar-refractivity contribution < 1.29 is 19.4 Å². The lowest BCUT2D eigenvalue weighted by Crippen LogP contribution is -2.49. The number of amides is 1. The fraction of sp³-hybridized carbons (Fsp3) is 0.393. The highest BCUT2D eigenvalue weighted by atomic mass is 16.5. The number of rotatable bonds is 7. The fourth-order valence-electron chi connectivity index (χ4n) is 5.10. The van der Waals surface area contributed by atoms with Crippen LogP contribution in [0.4, 0.5) is 0 Å². The first-order chi connectivity index (χ1) is 17.6. The fourth-order valence-corrected chi connectivity index (χ4v) is 5.10. The highest BCUT2D eigenvalue weighted by Gasteiger charge is 2.26. The van der Waals surface area contributed by atoms with Crippen LogP contribution in [0.1, 0.15) is 22.3 Å². The van der Waals surface area contributed by atoms with Crippen LogP contribution in [-0.2, 0) is 16.1 Å². The second-order valence-electron chi connectivity index (χ2n) is 9.36. The molecule has 0 aliphatic carbocycles. The van der Waals surface area contributed by atoms with Gasteiger partial charge in [0.05, 0.1) is 30.0 Å². The van der Waals surface area contributed by atoms with Crippen LogP contribution in [0.2, 0.25) is 0 Å². The molecule has 2 aromatic carbocycles. The molecule has 0 bridgehead atoms. The molecule has 2 fully saturated rings. The normalized spacial score (nSPS) is 17.4. The number of morpholine rings is 1. The van der Waals surface area contributed by atoms with E-state index in [0.29, 0.717) is 61.3 Å². The predicted octanol–water partition coefficient (Wildman–Crippen LogP) is 2.97. The topological polar surface area (TPSA) is 86.2 Å². The van der Waals surface area contributed by atoms with Crippen molar-refractivity contribution in [2.45, 2.75) is 13.0 Å². The number of carbonyl (C=O) groups is 2. The standard InChI is InChI=1S/C28H32N4O4/c33-25(10-11-30-16-18-36-19-17-30)32-14-12-31(13-15-32)20-23-26(28(34)35)22-8-4-5-9-24(22)29-27(23)21-6-2-1-3-7-21/h1-9H,10-20H2,(H,34,35). The molecule has 1 aromatic heterocycles. The van der Waals surface area contributed by atoms with Crippen molar-refractivity contribution in [3.8, 4) is 11.3 Å². The number of piperazine rings is 1. The minimum absolute atomic E-state index is 0.185. The summed E-state index contributed by atoms with van der Waals surface area (Å²) in [5.74, 6) is -0.762. The number of ether oxygens (including phenoxy) is 1. The third-order valence-electron chi connectivity index (χ3n) is 7.11. The Kier molecular flexibility index (Phi) is 7.55. The van der Waals surface area contributed by atoms with Gasteiger partial charge in [0, 0.05) is 75.3 Å². The number of aromatic nitrogens is 1. The number of aromatic carboxylic acids is 1. The lowest BCUT2D eigenvalue weighted by molar-refractivity contribution is -0.133. The first-order valence-electron chi connectivity index (χ1n) is 12.6. The van der Waals surface area contributed by atoms with Gasteiger partial charge in [-0.25, -0.2) is 9.78 Å². The maximum Gasteiger partial charge on any atom is 0.336 e. The summed E-state index contributed by atoms with van der Waals surface area (Å²) in [5.41, 5.74) is 3.31. The number of carbonyl (C=O) groups excluding carboxylic acids is 1. The molecule has 5 rings (SSSR count). The van der Waals surface area contributed by atoms with Gasteiger partial charge in [0.2, 0.25) is 5.91 Å². The minimum Gasteiger partial charge on any atom is -0.478 e. The van der Waals surface area contributed by atoms with Gasteiger partial charge in [-0.05, 0) is 6.07 Å². The van der Waals surface area contributed by atoms with Crippen molar-refractivity contribution in [3.63, 3.8) is 0 Å². The molecule has 3 heterocycles. The average molecular weight is 489 g/mol. The molecule has 2 saturated heterocycles. The summed E-state index contributed by atoms with van der Waals surface area (Å²) >= 11 is 0. The van der Waals surface area contributed by atoms with Gasteiger partial charge in [-0.3, -0.25) is 14.6 Å². The third-order valence-corrected chi connectivity index (χ3v) is 7.11. The summed E-state index contributed by atoms with van der Waals surface area (Å²) in [6.45, 7) is 7.17. The quantitative estimate of drug-likeness (QED) is 0.547. The molecule has 36 heavy (non-hydrogen) atoms. The maximum atomic E-state index is 12.8. The Bertz CT molecular complexity index is 1220. The molecule has 0 saturated carbocycles. The average Bonchev–Trinajstić information content (AvgIpc) is 2.92. The van der Waals surface area contributed by atoms with Crippen molar-refractivity contribution in [3.05, 3.63) is 65.7 Å². The largest absolute Gasteiger partial charge is 0.478 e. The Balaban J connectivity index is 1.33. The Morgan fingerprint density at radius 2 is 1.56 bits per heavy atom. The van der Waals surface area contributed by atoms with Gasteiger partial charge in [0.15, 0.2) is 0 Å². The van der Waals surface area contributed by atoms with Crippen LogP contribution in [0, 0.1) is 0 Å². The SMILES string of the molecule is O=C(O)c1c(CN2CCN(C(=O)CCN3CCOCC3)CC2)c(-c2ccccc2)nc2ccccc12. The van der Waals surface area contributed by atoms with Gasteiger partial charge >= 0.3 is 5.97 Å². The summed E-state index contributed by atoms with van der Waals surface area (Å²) < 4.78 is 5.38. The van der Waals surface area contributed by atoms with Crippen LogP contribution in [-0.4, -0.2) is 95.7 Å². The Labute approximate surface area is 211 Å². The van der Waals surface area contributed by atoms with Gasteiger partial charge < -0.3 is 14.7 Å². The molecule has 0 radical (unpaired) electrons. The smallest absolute Gasteiger partial charge is 0.336 e. The van der Waals surface area contributed by atoms with Gasteiger partial charge in [0.25, 0.3) is 0 Å². The molecule has 8 heteroatoms. The number of fused-ring (bicyclic) bond motifs is 1. The van der Waals surface area contributed by atoms with Gasteiger partial charge in [-0.15, -0.1) is 0 Å². The van der Waals surface area contributed by atoms with E-state index in [0.717, 1.165) is 44.0 Å².